The first kappa shape index (κ1) is 13.6. The van der Waals surface area contributed by atoms with E-state index in [1.54, 1.807) is 0 Å². The van der Waals surface area contributed by atoms with Crippen LogP contribution in [0.2, 0.25) is 0 Å². The van der Waals surface area contributed by atoms with Crippen LogP contribution in [0.1, 0.15) is 49.8 Å². The van der Waals surface area contributed by atoms with E-state index in [9.17, 15) is 0 Å². The molecule has 0 aromatic heterocycles. The topological polar surface area (TPSA) is 27.6 Å². The Kier molecular flexibility index (Phi) is 4.06. The monoisotopic (exact) mass is 271 g/mol. The highest BCUT2D eigenvalue weighted by Crippen LogP contribution is 2.28. The summed E-state index contributed by atoms with van der Waals surface area (Å²) in [5.74, 6) is 1.76. The van der Waals surface area contributed by atoms with Gasteiger partial charge in [-0.3, -0.25) is 9.89 Å². The predicted octanol–water partition coefficient (Wildman–Crippen LogP) is 2.95. The van der Waals surface area contributed by atoms with Crippen molar-refractivity contribution in [3.8, 4) is 0 Å². The molecule has 0 spiro atoms. The Morgan fingerprint density at radius 2 is 1.70 bits per heavy atom. The molecule has 0 amide bonds. The van der Waals surface area contributed by atoms with Crippen molar-refractivity contribution in [1.82, 2.24) is 10.2 Å². The van der Waals surface area contributed by atoms with Crippen molar-refractivity contribution in [3.63, 3.8) is 0 Å². The zero-order valence-electron chi connectivity index (χ0n) is 12.6. The Morgan fingerprint density at radius 3 is 2.25 bits per heavy atom. The first-order valence-corrected chi connectivity index (χ1v) is 7.88. The molecule has 1 atom stereocenters. The van der Waals surface area contributed by atoms with E-state index in [4.69, 9.17) is 0 Å². The number of likely N-dealkylation sites (tertiary alicyclic amines) is 1. The van der Waals surface area contributed by atoms with Crippen LogP contribution in [-0.4, -0.2) is 36.9 Å². The number of amidine groups is 1. The summed E-state index contributed by atoms with van der Waals surface area (Å²) in [6.45, 7) is 8.78. The lowest BCUT2D eigenvalue weighted by Gasteiger charge is -2.28. The van der Waals surface area contributed by atoms with Gasteiger partial charge in [-0.1, -0.05) is 38.1 Å². The molecule has 0 radical (unpaired) electrons. The quantitative estimate of drug-likeness (QED) is 0.911. The second-order valence-electron chi connectivity index (χ2n) is 6.16. The van der Waals surface area contributed by atoms with Gasteiger partial charge < -0.3 is 5.32 Å². The van der Waals surface area contributed by atoms with Crippen LogP contribution in [0.3, 0.4) is 0 Å². The van der Waals surface area contributed by atoms with E-state index in [1.807, 2.05) is 0 Å². The minimum absolute atomic E-state index is 0.334. The maximum atomic E-state index is 4.68. The maximum Gasteiger partial charge on any atom is 0.119 e. The third-order valence-electron chi connectivity index (χ3n) is 4.38. The van der Waals surface area contributed by atoms with Gasteiger partial charge in [0, 0.05) is 6.54 Å². The summed E-state index contributed by atoms with van der Waals surface area (Å²) in [5.41, 5.74) is 2.79. The first-order valence-electron chi connectivity index (χ1n) is 7.88. The van der Waals surface area contributed by atoms with Gasteiger partial charge in [-0.05, 0) is 43.0 Å². The molecular formula is C17H25N3. The van der Waals surface area contributed by atoms with Crippen LogP contribution in [0, 0.1) is 0 Å². The molecule has 3 heteroatoms. The van der Waals surface area contributed by atoms with Crippen molar-refractivity contribution in [2.75, 3.05) is 26.2 Å². The molecule has 0 saturated carbocycles. The Labute approximate surface area is 122 Å². The molecule has 3 rings (SSSR count). The highest BCUT2D eigenvalue weighted by molar-refractivity contribution is 5.89. The summed E-state index contributed by atoms with van der Waals surface area (Å²) in [6, 6.07) is 9.47. The van der Waals surface area contributed by atoms with Crippen molar-refractivity contribution < 1.29 is 0 Å². The molecule has 2 aliphatic heterocycles. The molecule has 2 heterocycles. The fourth-order valence-corrected chi connectivity index (χ4v) is 3.20. The summed E-state index contributed by atoms with van der Waals surface area (Å²) in [5, 5.41) is 3.48. The number of nitrogens with zero attached hydrogens (tertiary/aromatic N) is 2. The number of aliphatic imine (C=N–C) groups is 1. The van der Waals surface area contributed by atoms with Gasteiger partial charge in [0.05, 0.1) is 12.6 Å². The van der Waals surface area contributed by atoms with Crippen LogP contribution < -0.4 is 5.32 Å². The second kappa shape index (κ2) is 5.96. The number of rotatable bonds is 4. The number of nitrogens with one attached hydrogen (secondary N) is 1. The van der Waals surface area contributed by atoms with Crippen LogP contribution in [0.25, 0.3) is 0 Å². The standard InChI is InChI=1S/C17H25N3/c1-13(2)14-5-7-15(8-6-14)16(17-18-9-10-19-17)20-11-3-4-12-20/h5-8,13,16H,3-4,9-12H2,1-2H3,(H,18,19). The van der Waals surface area contributed by atoms with Gasteiger partial charge in [0.1, 0.15) is 5.84 Å². The van der Waals surface area contributed by atoms with Gasteiger partial charge >= 0.3 is 0 Å². The van der Waals surface area contributed by atoms with Gasteiger partial charge in [0.2, 0.25) is 0 Å². The average molecular weight is 271 g/mol. The Balaban J connectivity index is 1.87. The molecule has 1 unspecified atom stereocenters. The molecule has 2 aliphatic rings. The van der Waals surface area contributed by atoms with Gasteiger partial charge in [-0.25, -0.2) is 0 Å². The van der Waals surface area contributed by atoms with Gasteiger partial charge in [0.15, 0.2) is 0 Å². The SMILES string of the molecule is CC(C)c1ccc(C(C2=NCCN2)N2CCCC2)cc1. The average Bonchev–Trinajstić information content (AvgIpc) is 3.13. The van der Waals surface area contributed by atoms with Gasteiger partial charge in [-0.2, -0.15) is 0 Å². The second-order valence-corrected chi connectivity index (χ2v) is 6.16. The van der Waals surface area contributed by atoms with E-state index in [0.717, 1.165) is 13.1 Å². The molecule has 0 aliphatic carbocycles. The number of hydrogen-bond acceptors (Lipinski definition) is 3. The highest BCUT2D eigenvalue weighted by Gasteiger charge is 2.29. The van der Waals surface area contributed by atoms with E-state index >= 15 is 0 Å². The fourth-order valence-electron chi connectivity index (χ4n) is 3.20. The lowest BCUT2D eigenvalue weighted by atomic mass is 9.98. The largest absolute Gasteiger partial charge is 0.370 e. The molecule has 20 heavy (non-hydrogen) atoms. The molecule has 1 N–H and O–H groups in total. The summed E-state index contributed by atoms with van der Waals surface area (Å²) in [7, 11) is 0. The third kappa shape index (κ3) is 2.73. The molecule has 1 aromatic carbocycles. The number of hydrogen-bond donors (Lipinski definition) is 1. The third-order valence-corrected chi connectivity index (χ3v) is 4.38. The van der Waals surface area contributed by atoms with Crippen LogP contribution in [0.5, 0.6) is 0 Å². The van der Waals surface area contributed by atoms with Crippen LogP contribution in [0.4, 0.5) is 0 Å². The Hall–Kier alpha value is -1.35. The van der Waals surface area contributed by atoms with E-state index in [-0.39, 0.29) is 0 Å². The summed E-state index contributed by atoms with van der Waals surface area (Å²) >= 11 is 0. The maximum absolute atomic E-state index is 4.68. The van der Waals surface area contributed by atoms with E-state index in [1.165, 1.54) is 42.9 Å². The van der Waals surface area contributed by atoms with Crippen LogP contribution in [0.15, 0.2) is 29.3 Å². The molecule has 108 valence electrons. The minimum Gasteiger partial charge on any atom is -0.370 e. The van der Waals surface area contributed by atoms with Gasteiger partial charge in [0.25, 0.3) is 0 Å². The normalized spacial score (nSPS) is 21.1. The van der Waals surface area contributed by atoms with Gasteiger partial charge in [-0.15, -0.1) is 0 Å². The minimum atomic E-state index is 0.334. The summed E-state index contributed by atoms with van der Waals surface area (Å²) < 4.78 is 0. The number of benzene rings is 1. The van der Waals surface area contributed by atoms with Crippen LogP contribution in [-0.2, 0) is 0 Å². The molecule has 1 aromatic rings. The molecule has 0 bridgehead atoms. The summed E-state index contributed by atoms with van der Waals surface area (Å²) in [4.78, 5) is 7.25. The molecular weight excluding hydrogens is 246 g/mol. The highest BCUT2D eigenvalue weighted by atomic mass is 15.2. The molecule has 1 fully saturated rings. The van der Waals surface area contributed by atoms with Crippen molar-refractivity contribution >= 4 is 5.84 Å². The predicted molar refractivity (Wildman–Crippen MR) is 84.4 cm³/mol. The first-order chi connectivity index (χ1) is 9.75. The van der Waals surface area contributed by atoms with Crippen molar-refractivity contribution in [2.24, 2.45) is 4.99 Å². The van der Waals surface area contributed by atoms with E-state index < -0.39 is 0 Å². The lowest BCUT2D eigenvalue weighted by molar-refractivity contribution is 0.301. The Bertz CT molecular complexity index is 470. The van der Waals surface area contributed by atoms with E-state index in [0.29, 0.717) is 12.0 Å². The van der Waals surface area contributed by atoms with Crippen molar-refractivity contribution in [3.05, 3.63) is 35.4 Å². The summed E-state index contributed by atoms with van der Waals surface area (Å²) in [6.07, 6.45) is 2.63. The van der Waals surface area contributed by atoms with Crippen LogP contribution >= 0.6 is 0 Å². The molecule has 3 nitrogen and oxygen atoms in total. The van der Waals surface area contributed by atoms with Crippen molar-refractivity contribution in [2.45, 2.75) is 38.6 Å². The molecule has 1 saturated heterocycles. The lowest BCUT2D eigenvalue weighted by Crippen LogP contribution is -2.37. The zero-order chi connectivity index (χ0) is 13.9. The van der Waals surface area contributed by atoms with E-state index in [2.05, 4.69) is 53.3 Å². The van der Waals surface area contributed by atoms with Crippen molar-refractivity contribution in [1.29, 1.82) is 0 Å². The Morgan fingerprint density at radius 1 is 1.05 bits per heavy atom. The fraction of sp³-hybridized carbons (Fsp3) is 0.588. The smallest absolute Gasteiger partial charge is 0.119 e. The zero-order valence-corrected chi connectivity index (χ0v) is 12.6.